The molecule has 1 N–H and O–H groups in total. The zero-order chi connectivity index (χ0) is 18.5. The van der Waals surface area contributed by atoms with Crippen LogP contribution < -0.4 is 10.1 Å². The summed E-state index contributed by atoms with van der Waals surface area (Å²) in [5.41, 5.74) is 1.46. The number of nitriles is 1. The number of rotatable bonds is 5. The maximum atomic E-state index is 12.7. The molecule has 0 spiro atoms. The number of hydrogen-bond acceptors (Lipinski definition) is 6. The fourth-order valence-electron chi connectivity index (χ4n) is 2.56. The van der Waals surface area contributed by atoms with Crippen molar-refractivity contribution in [3.05, 3.63) is 76.9 Å². The van der Waals surface area contributed by atoms with Crippen LogP contribution in [0, 0.1) is 18.3 Å². The molecule has 0 aliphatic carbocycles. The molecule has 3 rings (SSSR count). The fraction of sp³-hybridized carbons (Fsp3) is 0.158. The first kappa shape index (κ1) is 17.2. The van der Waals surface area contributed by atoms with Crippen LogP contribution in [-0.4, -0.2) is 23.2 Å². The third-order valence-corrected chi connectivity index (χ3v) is 3.78. The Bertz CT molecular complexity index is 975. The van der Waals surface area contributed by atoms with Crippen LogP contribution in [-0.2, 0) is 0 Å². The number of nitrogens with one attached hydrogen (secondary N) is 1. The van der Waals surface area contributed by atoms with Crippen LogP contribution in [0.15, 0.2) is 53.1 Å². The first-order valence-corrected chi connectivity index (χ1v) is 7.86. The second-order valence-corrected chi connectivity index (χ2v) is 5.51. The van der Waals surface area contributed by atoms with Crippen molar-refractivity contribution in [2.75, 3.05) is 7.11 Å². The van der Waals surface area contributed by atoms with Gasteiger partial charge in [-0.05, 0) is 24.3 Å². The van der Waals surface area contributed by atoms with Crippen molar-refractivity contribution >= 4 is 5.91 Å². The molecule has 0 saturated heterocycles. The van der Waals surface area contributed by atoms with E-state index in [4.69, 9.17) is 14.5 Å². The monoisotopic (exact) mass is 348 g/mol. The molecule has 2 aromatic carbocycles. The Hall–Kier alpha value is -3.66. The molecule has 130 valence electrons. The van der Waals surface area contributed by atoms with E-state index < -0.39 is 6.04 Å². The quantitative estimate of drug-likeness (QED) is 0.761. The van der Waals surface area contributed by atoms with Crippen LogP contribution in [0.5, 0.6) is 5.75 Å². The van der Waals surface area contributed by atoms with E-state index in [1.165, 1.54) is 6.07 Å². The maximum absolute atomic E-state index is 12.7. The summed E-state index contributed by atoms with van der Waals surface area (Å²) < 4.78 is 10.5. The first-order valence-electron chi connectivity index (χ1n) is 7.86. The lowest BCUT2D eigenvalue weighted by atomic mass is 10.0. The molecule has 26 heavy (non-hydrogen) atoms. The average Bonchev–Trinajstić information content (AvgIpc) is 3.12. The summed E-state index contributed by atoms with van der Waals surface area (Å²) >= 11 is 0. The first-order chi connectivity index (χ1) is 12.6. The Morgan fingerprint density at radius 3 is 2.77 bits per heavy atom. The lowest BCUT2D eigenvalue weighted by Crippen LogP contribution is -2.30. The standard InChI is InChI=1S/C19H16N4O3/c1-12-21-18(23-26-12)17(15-8-3-4-9-16(15)25-2)22-19(24)14-7-5-6-13(10-14)11-20/h3-10,17H,1-2H3,(H,22,24)/t17-/m1/s1. The number of aromatic nitrogens is 2. The molecular weight excluding hydrogens is 332 g/mol. The van der Waals surface area contributed by atoms with Gasteiger partial charge in [0.15, 0.2) is 5.82 Å². The lowest BCUT2D eigenvalue weighted by Gasteiger charge is -2.18. The topological polar surface area (TPSA) is 101 Å². The third-order valence-electron chi connectivity index (χ3n) is 3.78. The van der Waals surface area contributed by atoms with Gasteiger partial charge in [0.25, 0.3) is 5.91 Å². The molecule has 1 atom stereocenters. The predicted molar refractivity (Wildman–Crippen MR) is 92.5 cm³/mol. The highest BCUT2D eigenvalue weighted by molar-refractivity contribution is 5.95. The van der Waals surface area contributed by atoms with Gasteiger partial charge in [-0.1, -0.05) is 29.4 Å². The number of nitrogens with zero attached hydrogens (tertiary/aromatic N) is 3. The van der Waals surface area contributed by atoms with Gasteiger partial charge in [-0.15, -0.1) is 0 Å². The molecule has 1 amide bonds. The summed E-state index contributed by atoms with van der Waals surface area (Å²) in [5, 5.41) is 15.9. The minimum atomic E-state index is -0.665. The average molecular weight is 348 g/mol. The van der Waals surface area contributed by atoms with Crippen LogP contribution >= 0.6 is 0 Å². The van der Waals surface area contributed by atoms with Gasteiger partial charge in [0.2, 0.25) is 5.89 Å². The number of carbonyl (C=O) groups excluding carboxylic acids is 1. The molecule has 3 aromatic rings. The molecule has 7 heteroatoms. The lowest BCUT2D eigenvalue weighted by molar-refractivity contribution is 0.0941. The number of amides is 1. The Balaban J connectivity index is 1.99. The highest BCUT2D eigenvalue weighted by atomic mass is 16.5. The van der Waals surface area contributed by atoms with E-state index in [2.05, 4.69) is 15.5 Å². The number of ether oxygens (including phenoxy) is 1. The molecule has 0 aliphatic rings. The van der Waals surface area contributed by atoms with E-state index in [0.717, 1.165) is 0 Å². The maximum Gasteiger partial charge on any atom is 0.252 e. The molecule has 0 bridgehead atoms. The molecule has 7 nitrogen and oxygen atoms in total. The SMILES string of the molecule is COc1ccccc1[C@@H](NC(=O)c1cccc(C#N)c1)c1noc(C)n1. The van der Waals surface area contributed by atoms with Gasteiger partial charge in [-0.3, -0.25) is 4.79 Å². The Labute approximate surface area is 150 Å². The van der Waals surface area contributed by atoms with Gasteiger partial charge in [-0.2, -0.15) is 10.2 Å². The second-order valence-electron chi connectivity index (χ2n) is 5.51. The highest BCUT2D eigenvalue weighted by Crippen LogP contribution is 2.28. The predicted octanol–water partition coefficient (Wildman–Crippen LogP) is 2.78. The van der Waals surface area contributed by atoms with Gasteiger partial charge < -0.3 is 14.6 Å². The van der Waals surface area contributed by atoms with Crippen LogP contribution in [0.1, 0.15) is 39.2 Å². The molecule has 0 saturated carbocycles. The second kappa shape index (κ2) is 7.49. The van der Waals surface area contributed by atoms with Crippen LogP contribution in [0.3, 0.4) is 0 Å². The number of carbonyl (C=O) groups is 1. The van der Waals surface area contributed by atoms with E-state index in [9.17, 15) is 4.79 Å². The van der Waals surface area contributed by atoms with E-state index in [1.807, 2.05) is 24.3 Å². The number of para-hydroxylation sites is 1. The molecule has 0 fully saturated rings. The van der Waals surface area contributed by atoms with Gasteiger partial charge >= 0.3 is 0 Å². The Morgan fingerprint density at radius 2 is 2.08 bits per heavy atom. The van der Waals surface area contributed by atoms with Crippen LogP contribution in [0.25, 0.3) is 0 Å². The Morgan fingerprint density at radius 1 is 1.27 bits per heavy atom. The zero-order valence-electron chi connectivity index (χ0n) is 14.3. The molecule has 1 heterocycles. The van der Waals surface area contributed by atoms with Crippen molar-refractivity contribution in [1.29, 1.82) is 5.26 Å². The van der Waals surface area contributed by atoms with E-state index in [-0.39, 0.29) is 5.91 Å². The third kappa shape index (κ3) is 3.54. The normalized spacial score (nSPS) is 11.4. The van der Waals surface area contributed by atoms with Crippen molar-refractivity contribution < 1.29 is 14.1 Å². The van der Waals surface area contributed by atoms with E-state index in [1.54, 1.807) is 38.3 Å². The van der Waals surface area contributed by atoms with Crippen LogP contribution in [0.4, 0.5) is 0 Å². The fourth-order valence-corrected chi connectivity index (χ4v) is 2.56. The van der Waals surface area contributed by atoms with Crippen molar-refractivity contribution in [3.63, 3.8) is 0 Å². The van der Waals surface area contributed by atoms with Crippen LogP contribution in [0.2, 0.25) is 0 Å². The summed E-state index contributed by atoms with van der Waals surface area (Å²) in [6.45, 7) is 1.67. The van der Waals surface area contributed by atoms with Gasteiger partial charge in [-0.25, -0.2) is 0 Å². The largest absolute Gasteiger partial charge is 0.496 e. The number of benzene rings is 2. The van der Waals surface area contributed by atoms with E-state index in [0.29, 0.717) is 34.2 Å². The summed E-state index contributed by atoms with van der Waals surface area (Å²) in [7, 11) is 1.55. The van der Waals surface area contributed by atoms with Crippen molar-refractivity contribution in [2.24, 2.45) is 0 Å². The molecule has 0 unspecified atom stereocenters. The smallest absolute Gasteiger partial charge is 0.252 e. The van der Waals surface area contributed by atoms with Crippen molar-refractivity contribution in [1.82, 2.24) is 15.5 Å². The summed E-state index contributed by atoms with van der Waals surface area (Å²) in [5.74, 6) is 0.934. The number of aryl methyl sites for hydroxylation is 1. The number of methoxy groups -OCH3 is 1. The number of hydrogen-bond donors (Lipinski definition) is 1. The highest BCUT2D eigenvalue weighted by Gasteiger charge is 2.25. The molecular formula is C19H16N4O3. The van der Waals surface area contributed by atoms with Gasteiger partial charge in [0.1, 0.15) is 11.8 Å². The molecule has 0 radical (unpaired) electrons. The Kier molecular flexibility index (Phi) is 4.94. The minimum Gasteiger partial charge on any atom is -0.496 e. The zero-order valence-corrected chi connectivity index (χ0v) is 14.3. The summed E-state index contributed by atoms with van der Waals surface area (Å²) in [4.78, 5) is 17.0. The minimum absolute atomic E-state index is 0.316. The molecule has 0 aliphatic heterocycles. The summed E-state index contributed by atoms with van der Waals surface area (Å²) in [6, 6.07) is 15.1. The molecule has 1 aromatic heterocycles. The van der Waals surface area contributed by atoms with Gasteiger partial charge in [0, 0.05) is 18.1 Å². The van der Waals surface area contributed by atoms with Crippen molar-refractivity contribution in [3.8, 4) is 11.8 Å². The summed E-state index contributed by atoms with van der Waals surface area (Å²) in [6.07, 6.45) is 0. The van der Waals surface area contributed by atoms with Gasteiger partial charge in [0.05, 0.1) is 18.7 Å². The van der Waals surface area contributed by atoms with E-state index >= 15 is 0 Å². The van der Waals surface area contributed by atoms with Crippen molar-refractivity contribution in [2.45, 2.75) is 13.0 Å².